The van der Waals surface area contributed by atoms with Gasteiger partial charge < -0.3 is 0 Å². The standard InChI is InChI=1S/C8H11NSe.CH3I/c1-6-9-7-4-2-3-5-8(7)10-6;1-2/h2-3,5-7,9H,4H2,1H3;1H3. The number of nitrogens with one attached hydrogen (secondary N) is 1. The van der Waals surface area contributed by atoms with Crippen molar-refractivity contribution in [2.24, 2.45) is 0 Å². The molecular formula is C9H14INSe. The van der Waals surface area contributed by atoms with Gasteiger partial charge in [0.25, 0.3) is 0 Å². The number of hydrogen-bond donors (Lipinski definition) is 1. The van der Waals surface area contributed by atoms with Crippen LogP contribution in [-0.2, 0) is 0 Å². The molecule has 1 nitrogen and oxygen atoms in total. The van der Waals surface area contributed by atoms with Crippen LogP contribution in [0.4, 0.5) is 0 Å². The van der Waals surface area contributed by atoms with Gasteiger partial charge >= 0.3 is 67.3 Å². The number of alkyl halides is 1. The minimum atomic E-state index is 0.694. The van der Waals surface area contributed by atoms with E-state index in [1.807, 2.05) is 4.93 Å². The van der Waals surface area contributed by atoms with Crippen molar-refractivity contribution in [2.45, 2.75) is 24.3 Å². The predicted octanol–water partition coefficient (Wildman–Crippen LogP) is 1.90. The topological polar surface area (TPSA) is 12.0 Å². The van der Waals surface area contributed by atoms with Gasteiger partial charge in [0, 0.05) is 0 Å². The molecule has 2 unspecified atom stereocenters. The summed E-state index contributed by atoms with van der Waals surface area (Å²) in [6.45, 7) is 2.28. The first-order valence-electron chi connectivity index (χ1n) is 4.03. The summed E-state index contributed by atoms with van der Waals surface area (Å²) >= 11 is 2.87. The molecule has 2 atom stereocenters. The number of halogens is 1. The van der Waals surface area contributed by atoms with Crippen LogP contribution in [-0.4, -0.2) is 30.9 Å². The van der Waals surface area contributed by atoms with Crippen LogP contribution < -0.4 is 5.32 Å². The average Bonchev–Trinajstić information content (AvgIpc) is 2.48. The molecule has 1 aliphatic heterocycles. The smallest absolute Gasteiger partial charge is 0.0121 e. The van der Waals surface area contributed by atoms with Crippen molar-refractivity contribution in [1.29, 1.82) is 0 Å². The van der Waals surface area contributed by atoms with Crippen molar-refractivity contribution < 1.29 is 0 Å². The second-order valence-electron chi connectivity index (χ2n) is 2.71. The minimum Gasteiger partial charge on any atom is -0.0901 e. The third-order valence-electron chi connectivity index (χ3n) is 1.86. The van der Waals surface area contributed by atoms with Gasteiger partial charge in [-0.3, -0.25) is 0 Å². The Bertz CT molecular complexity index is 201. The predicted molar refractivity (Wildman–Crippen MR) is 63.9 cm³/mol. The number of rotatable bonds is 0. The van der Waals surface area contributed by atoms with Gasteiger partial charge in [0.2, 0.25) is 0 Å². The Balaban J connectivity index is 0.000000336. The quantitative estimate of drug-likeness (QED) is 0.403. The van der Waals surface area contributed by atoms with Crippen molar-refractivity contribution in [3.63, 3.8) is 0 Å². The third kappa shape index (κ3) is 2.59. The van der Waals surface area contributed by atoms with Crippen molar-refractivity contribution in [3.8, 4) is 0 Å². The molecule has 0 spiro atoms. The van der Waals surface area contributed by atoms with E-state index in [-0.39, 0.29) is 0 Å². The molecule has 1 heterocycles. The van der Waals surface area contributed by atoms with Crippen molar-refractivity contribution in [3.05, 3.63) is 22.7 Å². The van der Waals surface area contributed by atoms with Gasteiger partial charge in [0.15, 0.2) is 0 Å². The van der Waals surface area contributed by atoms with Crippen molar-refractivity contribution >= 4 is 37.5 Å². The second-order valence-corrected chi connectivity index (χ2v) is 5.68. The van der Waals surface area contributed by atoms with Crippen LogP contribution in [0.3, 0.4) is 0 Å². The Morgan fingerprint density at radius 2 is 2.33 bits per heavy atom. The minimum absolute atomic E-state index is 0.694. The maximum Gasteiger partial charge on any atom is -0.0121 e. The summed E-state index contributed by atoms with van der Waals surface area (Å²) in [6.07, 6.45) is 7.92. The van der Waals surface area contributed by atoms with E-state index in [2.05, 4.69) is 53.1 Å². The van der Waals surface area contributed by atoms with E-state index in [4.69, 9.17) is 0 Å². The molecule has 0 aromatic heterocycles. The second kappa shape index (κ2) is 5.43. The fourth-order valence-electron chi connectivity index (χ4n) is 1.40. The first-order chi connectivity index (χ1) is 5.86. The molecule has 0 bridgehead atoms. The van der Waals surface area contributed by atoms with Crippen LogP contribution in [0.15, 0.2) is 22.7 Å². The summed E-state index contributed by atoms with van der Waals surface area (Å²) in [4.78, 5) is 2.72. The monoisotopic (exact) mass is 343 g/mol. The molecule has 1 saturated heterocycles. The SMILES string of the molecule is CC1NC2CC=CC=C2[Se]1.CI. The zero-order chi connectivity index (χ0) is 8.97. The number of hydrogen-bond acceptors (Lipinski definition) is 1. The largest absolute Gasteiger partial charge is 0.0901 e. The van der Waals surface area contributed by atoms with Crippen LogP contribution in [0.1, 0.15) is 13.3 Å². The summed E-state index contributed by atoms with van der Waals surface area (Å²) in [5, 5.41) is 3.56. The maximum absolute atomic E-state index is 3.56. The van der Waals surface area contributed by atoms with Gasteiger partial charge in [0.1, 0.15) is 0 Å². The van der Waals surface area contributed by atoms with Crippen LogP contribution in [0.5, 0.6) is 0 Å². The molecule has 3 heteroatoms. The first kappa shape index (κ1) is 10.8. The van der Waals surface area contributed by atoms with Crippen LogP contribution >= 0.6 is 22.6 Å². The fraction of sp³-hybridized carbons (Fsp3) is 0.556. The average molecular weight is 342 g/mol. The number of fused-ring (bicyclic) bond motifs is 1. The molecule has 1 fully saturated rings. The zero-order valence-corrected chi connectivity index (χ0v) is 11.3. The summed E-state index contributed by atoms with van der Waals surface area (Å²) < 4.78 is 1.66. The molecule has 0 saturated carbocycles. The molecule has 68 valence electrons. The van der Waals surface area contributed by atoms with Gasteiger partial charge in [0.05, 0.1) is 0 Å². The molecule has 0 amide bonds. The zero-order valence-electron chi connectivity index (χ0n) is 7.38. The Morgan fingerprint density at radius 1 is 1.58 bits per heavy atom. The van der Waals surface area contributed by atoms with Crippen molar-refractivity contribution in [1.82, 2.24) is 5.32 Å². The normalized spacial score (nSPS) is 31.8. The molecule has 2 rings (SSSR count). The molecule has 12 heavy (non-hydrogen) atoms. The molecule has 0 radical (unpaired) electrons. The van der Waals surface area contributed by atoms with Crippen LogP contribution in [0, 0.1) is 0 Å². The first-order valence-corrected chi connectivity index (χ1v) is 8.04. The van der Waals surface area contributed by atoms with E-state index in [9.17, 15) is 0 Å². The van der Waals surface area contributed by atoms with E-state index in [0.29, 0.717) is 6.04 Å². The van der Waals surface area contributed by atoms with Gasteiger partial charge in [-0.15, -0.1) is 0 Å². The molecule has 0 aromatic carbocycles. The van der Waals surface area contributed by atoms with Crippen LogP contribution in [0.25, 0.3) is 0 Å². The third-order valence-corrected chi connectivity index (χ3v) is 4.34. The van der Waals surface area contributed by atoms with E-state index >= 15 is 0 Å². The fourth-order valence-corrected chi connectivity index (χ4v) is 3.77. The maximum atomic E-state index is 3.56. The Morgan fingerprint density at radius 3 is 3.00 bits per heavy atom. The number of allylic oxidation sites excluding steroid dienone is 2. The molecule has 1 N–H and O–H groups in total. The summed E-state index contributed by atoms with van der Waals surface area (Å²) in [6, 6.07) is 0.694. The Kier molecular flexibility index (Phi) is 4.87. The van der Waals surface area contributed by atoms with Gasteiger partial charge in [-0.1, -0.05) is 22.6 Å². The van der Waals surface area contributed by atoms with Crippen LogP contribution in [0.2, 0.25) is 0 Å². The Labute approximate surface area is 94.4 Å². The van der Waals surface area contributed by atoms with Gasteiger partial charge in [-0.25, -0.2) is 0 Å². The van der Waals surface area contributed by atoms with E-state index in [1.165, 1.54) is 6.42 Å². The van der Waals surface area contributed by atoms with E-state index in [0.717, 1.165) is 19.9 Å². The van der Waals surface area contributed by atoms with E-state index in [1.54, 1.807) is 4.47 Å². The van der Waals surface area contributed by atoms with E-state index < -0.39 is 0 Å². The van der Waals surface area contributed by atoms with Crippen molar-refractivity contribution in [2.75, 3.05) is 4.93 Å². The molecule has 2 aliphatic rings. The summed E-state index contributed by atoms with van der Waals surface area (Å²) in [5.74, 6) is 0. The van der Waals surface area contributed by atoms with Gasteiger partial charge in [-0.2, -0.15) is 0 Å². The molecule has 1 aliphatic carbocycles. The summed E-state index contributed by atoms with van der Waals surface area (Å²) in [7, 11) is 0. The Hall–Kier alpha value is 0.689. The van der Waals surface area contributed by atoms with Gasteiger partial charge in [-0.05, 0) is 4.93 Å². The molecule has 0 aromatic rings. The summed E-state index contributed by atoms with van der Waals surface area (Å²) in [5.41, 5.74) is 0. The molecular weight excluding hydrogens is 328 g/mol.